The minimum atomic E-state index is -0.476. The van der Waals surface area contributed by atoms with Crippen LogP contribution >= 0.6 is 15.9 Å². The highest BCUT2D eigenvalue weighted by molar-refractivity contribution is 9.10. The predicted molar refractivity (Wildman–Crippen MR) is 389 cm³/mol. The monoisotopic (exact) mass is 1240 g/mol. The van der Waals surface area contributed by atoms with E-state index in [1.165, 1.54) is 116 Å². The minimum absolute atomic E-state index is 0. The number of hydrogen-bond donors (Lipinski definition) is 0. The highest BCUT2D eigenvalue weighted by Gasteiger charge is 2.47. The summed E-state index contributed by atoms with van der Waals surface area (Å²) in [5.74, 6) is 0. The van der Waals surface area contributed by atoms with Gasteiger partial charge in [-0.2, -0.15) is 0 Å². The van der Waals surface area contributed by atoms with E-state index in [0.717, 1.165) is 22.3 Å². The maximum Gasteiger partial charge on any atom is 0.0742 e. The molecule has 1 aliphatic heterocycles. The third-order valence-corrected chi connectivity index (χ3v) is 19.2. The Bertz CT molecular complexity index is 5020. The number of aromatic nitrogens is 2. The van der Waals surface area contributed by atoms with Crippen molar-refractivity contribution in [2.75, 3.05) is 4.90 Å². The maximum atomic E-state index is 3.56. The van der Waals surface area contributed by atoms with Gasteiger partial charge in [-0.05, 0) is 135 Å². The third kappa shape index (κ3) is 9.50. The second-order valence-corrected chi connectivity index (χ2v) is 24.5. The molecule has 0 spiro atoms. The molecule has 0 atom stereocenters. The zero-order chi connectivity index (χ0) is 60.7. The zero-order valence-electron chi connectivity index (χ0n) is 50.6. The number of fused-ring (bicyclic) bond motifs is 10. The summed E-state index contributed by atoms with van der Waals surface area (Å²) in [4.78, 5) is 2.45. The van der Waals surface area contributed by atoms with Gasteiger partial charge in [-0.25, -0.2) is 0 Å². The van der Waals surface area contributed by atoms with Gasteiger partial charge in [0.1, 0.15) is 0 Å². The molecule has 435 valence electrons. The smallest absolute Gasteiger partial charge is 0.0742 e. The Labute approximate surface area is 548 Å². The summed E-state index contributed by atoms with van der Waals surface area (Å²) >= 11 is 3.56. The summed E-state index contributed by atoms with van der Waals surface area (Å²) in [7, 11) is 0. The molecule has 2 aliphatic rings. The van der Waals surface area contributed by atoms with E-state index in [9.17, 15) is 0 Å². The molecule has 3 radical (unpaired) electrons. The molecular formula is C87H62BBrN3. The van der Waals surface area contributed by atoms with Crippen molar-refractivity contribution < 1.29 is 0 Å². The average Bonchev–Trinajstić information content (AvgIpc) is 0.965. The van der Waals surface area contributed by atoms with Crippen LogP contribution in [-0.2, 0) is 17.3 Å². The van der Waals surface area contributed by atoms with Crippen LogP contribution in [0.4, 0.5) is 17.1 Å². The quantitative estimate of drug-likeness (QED) is 0.145. The first kappa shape index (κ1) is 57.5. The first-order valence-corrected chi connectivity index (χ1v) is 32.1. The van der Waals surface area contributed by atoms with Gasteiger partial charge < -0.3 is 14.0 Å². The normalized spacial score (nSPS) is 13.1. The lowest BCUT2D eigenvalue weighted by Crippen LogP contribution is -2.37. The van der Waals surface area contributed by atoms with Gasteiger partial charge in [0.25, 0.3) is 0 Å². The summed E-state index contributed by atoms with van der Waals surface area (Å²) in [5, 5.41) is 5.12. The molecule has 0 amide bonds. The molecule has 2 aromatic heterocycles. The number of anilines is 3. The highest BCUT2D eigenvalue weighted by atomic mass is 79.9. The lowest BCUT2D eigenvalue weighted by molar-refractivity contribution is 0.703. The number of rotatable bonds is 7. The molecule has 3 nitrogen and oxygen atoms in total. The second-order valence-electron chi connectivity index (χ2n) is 23.6. The molecule has 18 rings (SSSR count). The Balaban J connectivity index is 0.000000126. The fourth-order valence-corrected chi connectivity index (χ4v) is 15.5. The summed E-state index contributed by atoms with van der Waals surface area (Å²) in [6.07, 6.45) is 0.994. The molecule has 0 bridgehead atoms. The molecule has 5 heteroatoms. The highest BCUT2D eigenvalue weighted by Crippen LogP contribution is 2.58. The fourth-order valence-electron chi connectivity index (χ4n) is 15.1. The van der Waals surface area contributed by atoms with Crippen LogP contribution in [0.3, 0.4) is 0 Å². The number of halogens is 1. The first-order valence-electron chi connectivity index (χ1n) is 31.3. The van der Waals surface area contributed by atoms with Crippen LogP contribution in [-0.4, -0.2) is 17.5 Å². The number of benzene rings is 14. The summed E-state index contributed by atoms with van der Waals surface area (Å²) in [6, 6.07) is 132. The van der Waals surface area contributed by atoms with Gasteiger partial charge in [0, 0.05) is 51.5 Å². The van der Waals surface area contributed by atoms with Crippen LogP contribution in [0.15, 0.2) is 368 Å². The van der Waals surface area contributed by atoms with Crippen LogP contribution in [0.25, 0.3) is 55.0 Å². The SMILES string of the molecule is Brc1cccc(-n2c3ccccc3c3ccccc32)c1.[B].c1ccc(C2(c3ccccc3)c3ccccc3Cc3ccccc32)cc1.c1ccc(C2(c3ccccc3)c3ccccc3N(c3cccc(-n4c5ccccc5c5ccccc54)c3)c3ccccc32)cc1. The van der Waals surface area contributed by atoms with E-state index >= 15 is 0 Å². The molecule has 0 saturated heterocycles. The number of nitrogens with zero attached hydrogens (tertiary/aromatic N) is 3. The van der Waals surface area contributed by atoms with Gasteiger partial charge in [-0.3, -0.25) is 0 Å². The largest absolute Gasteiger partial charge is 0.310 e. The molecule has 14 aromatic carbocycles. The third-order valence-electron chi connectivity index (χ3n) is 18.7. The van der Waals surface area contributed by atoms with E-state index in [0.29, 0.717) is 0 Å². The molecule has 1 aliphatic carbocycles. The van der Waals surface area contributed by atoms with Crippen LogP contribution in [0.5, 0.6) is 0 Å². The molecule has 0 fully saturated rings. The Morgan fingerprint density at radius 3 is 0.935 bits per heavy atom. The van der Waals surface area contributed by atoms with E-state index in [-0.39, 0.29) is 13.8 Å². The van der Waals surface area contributed by atoms with E-state index < -0.39 is 5.41 Å². The predicted octanol–water partition coefficient (Wildman–Crippen LogP) is 22.1. The fraction of sp³-hybridized carbons (Fsp3) is 0.0345. The van der Waals surface area contributed by atoms with Crippen molar-refractivity contribution in [2.45, 2.75) is 17.3 Å². The Kier molecular flexibility index (Phi) is 15.3. The Morgan fingerprint density at radius 1 is 0.250 bits per heavy atom. The van der Waals surface area contributed by atoms with Crippen molar-refractivity contribution >= 4 is 85.0 Å². The molecule has 3 heterocycles. The number of para-hydroxylation sites is 6. The molecular weight excluding hydrogens is 1180 g/mol. The van der Waals surface area contributed by atoms with E-state index in [4.69, 9.17) is 0 Å². The molecule has 92 heavy (non-hydrogen) atoms. The summed E-state index contributed by atoms with van der Waals surface area (Å²) in [5.41, 5.74) is 23.3. The van der Waals surface area contributed by atoms with E-state index in [1.54, 1.807) is 0 Å². The van der Waals surface area contributed by atoms with Crippen molar-refractivity contribution in [3.63, 3.8) is 0 Å². The minimum Gasteiger partial charge on any atom is -0.310 e. The summed E-state index contributed by atoms with van der Waals surface area (Å²) in [6.45, 7) is 0. The number of hydrogen-bond acceptors (Lipinski definition) is 1. The van der Waals surface area contributed by atoms with Gasteiger partial charge in [-0.15, -0.1) is 0 Å². The standard InChI is InChI=1S/C43H30N2.C26H20.C18H12BrN.B/c1-3-16-31(17-4-1)43(32-18-5-2-6-19-32)37-24-9-13-28-41(37)45(42-29-14-10-25-38(42)43)34-21-15-20-33(30-34)44-39-26-11-7-22-35(39)36-23-8-12-27-40(36)44;1-3-13-22(14-4-1)26(23-15-5-2-6-16-23)24-17-9-7-11-20(24)19-21-12-8-10-18-25(21)26;19-13-6-5-7-14(12-13)20-17-10-3-1-8-15(17)16-9-2-4-11-18(16)20;/h1-30H;1-18H,19H2;1-12H;. The molecule has 0 N–H and O–H groups in total. The zero-order valence-corrected chi connectivity index (χ0v) is 52.2. The van der Waals surface area contributed by atoms with Crippen molar-refractivity contribution in [1.82, 2.24) is 9.13 Å². The lowest BCUT2D eigenvalue weighted by Gasteiger charge is -2.46. The molecule has 16 aromatic rings. The van der Waals surface area contributed by atoms with Gasteiger partial charge in [0.2, 0.25) is 0 Å². The second kappa shape index (κ2) is 24.4. The van der Waals surface area contributed by atoms with Crippen molar-refractivity contribution in [3.8, 4) is 11.4 Å². The molecule has 0 saturated carbocycles. The van der Waals surface area contributed by atoms with E-state index in [1.807, 2.05) is 0 Å². The maximum absolute atomic E-state index is 3.56. The first-order chi connectivity index (χ1) is 45.1. The topological polar surface area (TPSA) is 13.1 Å². The van der Waals surface area contributed by atoms with Crippen molar-refractivity contribution in [3.05, 3.63) is 424 Å². The summed E-state index contributed by atoms with van der Waals surface area (Å²) < 4.78 is 5.81. The molecule has 0 unspecified atom stereocenters. The lowest BCUT2D eigenvalue weighted by atomic mass is 9.60. The van der Waals surface area contributed by atoms with Crippen LogP contribution in [0.2, 0.25) is 0 Å². The van der Waals surface area contributed by atoms with Crippen LogP contribution in [0, 0.1) is 0 Å². The van der Waals surface area contributed by atoms with Crippen molar-refractivity contribution in [2.24, 2.45) is 0 Å². The van der Waals surface area contributed by atoms with Gasteiger partial charge in [0.05, 0.1) is 44.3 Å². The van der Waals surface area contributed by atoms with E-state index in [2.05, 4.69) is 394 Å². The van der Waals surface area contributed by atoms with Gasteiger partial charge in [-0.1, -0.05) is 307 Å². The average molecular weight is 1240 g/mol. The van der Waals surface area contributed by atoms with Gasteiger partial charge >= 0.3 is 0 Å². The van der Waals surface area contributed by atoms with Crippen LogP contribution in [0.1, 0.15) is 55.6 Å². The Hall–Kier alpha value is -11.0. The van der Waals surface area contributed by atoms with Crippen molar-refractivity contribution in [1.29, 1.82) is 0 Å². The van der Waals surface area contributed by atoms with Gasteiger partial charge in [0.15, 0.2) is 0 Å². The Morgan fingerprint density at radius 2 is 0.543 bits per heavy atom. The van der Waals surface area contributed by atoms with Crippen LogP contribution < -0.4 is 4.90 Å².